The van der Waals surface area contributed by atoms with Gasteiger partial charge in [-0.05, 0) is 37.1 Å². The maximum Gasteiger partial charge on any atom is 0.233 e. The van der Waals surface area contributed by atoms with Crippen LogP contribution in [0.25, 0.3) is 11.5 Å². The highest BCUT2D eigenvalue weighted by Crippen LogP contribution is 2.35. The van der Waals surface area contributed by atoms with E-state index < -0.39 is 0 Å². The number of aromatic nitrogens is 1. The first kappa shape index (κ1) is 15.1. The van der Waals surface area contributed by atoms with E-state index in [0.29, 0.717) is 29.4 Å². The van der Waals surface area contributed by atoms with E-state index in [2.05, 4.69) is 4.98 Å². The molecule has 1 aromatic carbocycles. The van der Waals surface area contributed by atoms with Crippen molar-refractivity contribution in [3.8, 4) is 11.5 Å². The molecular weight excluding hydrogens is 328 g/mol. The van der Waals surface area contributed by atoms with Crippen LogP contribution in [0.1, 0.15) is 18.5 Å². The zero-order chi connectivity index (χ0) is 16.7. The van der Waals surface area contributed by atoms with Crippen LogP contribution in [0.4, 0.5) is 0 Å². The minimum Gasteiger partial charge on any atom is -0.444 e. The largest absolute Gasteiger partial charge is 0.444 e. The van der Waals surface area contributed by atoms with Crippen LogP contribution in [0.5, 0.6) is 0 Å². The fourth-order valence-electron chi connectivity index (χ4n) is 3.29. The minimum atomic E-state index is -0.217. The molecule has 2 atom stereocenters. The second-order valence-corrected chi connectivity index (χ2v) is 6.51. The highest BCUT2D eigenvalue weighted by molar-refractivity contribution is 6.30. The van der Waals surface area contributed by atoms with Crippen molar-refractivity contribution in [2.24, 2.45) is 11.8 Å². The van der Waals surface area contributed by atoms with Crippen molar-refractivity contribution in [2.45, 2.75) is 19.4 Å². The third-order valence-corrected chi connectivity index (χ3v) is 4.81. The van der Waals surface area contributed by atoms with E-state index in [1.54, 1.807) is 12.1 Å². The van der Waals surface area contributed by atoms with Crippen molar-refractivity contribution in [3.63, 3.8) is 0 Å². The first-order chi connectivity index (χ1) is 11.6. The summed E-state index contributed by atoms with van der Waals surface area (Å²) in [5.41, 5.74) is 1.36. The number of allylic oxidation sites excluding steroid dienone is 2. The molecule has 0 radical (unpaired) electrons. The predicted octanol–water partition coefficient (Wildman–Crippen LogP) is 3.45. The number of benzene rings is 1. The lowest BCUT2D eigenvalue weighted by molar-refractivity contribution is -0.140. The summed E-state index contributed by atoms with van der Waals surface area (Å²) in [5.74, 6) is -0.203. The van der Waals surface area contributed by atoms with Gasteiger partial charge in [0.1, 0.15) is 6.26 Å². The second kappa shape index (κ2) is 5.91. The van der Waals surface area contributed by atoms with Crippen LogP contribution in [-0.2, 0) is 16.1 Å². The molecule has 2 unspecified atom stereocenters. The van der Waals surface area contributed by atoms with Crippen LogP contribution >= 0.6 is 11.6 Å². The van der Waals surface area contributed by atoms with Crippen LogP contribution in [0.3, 0.4) is 0 Å². The summed E-state index contributed by atoms with van der Waals surface area (Å²) in [6, 6.07) is 7.13. The molecule has 4 rings (SSSR count). The molecule has 2 aromatic rings. The lowest BCUT2D eigenvalue weighted by Gasteiger charge is -2.14. The molecule has 2 heterocycles. The monoisotopic (exact) mass is 342 g/mol. The Hall–Kier alpha value is -2.40. The molecule has 0 N–H and O–H groups in total. The molecule has 2 aliphatic rings. The van der Waals surface area contributed by atoms with Gasteiger partial charge in [-0.2, -0.15) is 0 Å². The van der Waals surface area contributed by atoms with Gasteiger partial charge in [0.05, 0.1) is 24.1 Å². The van der Waals surface area contributed by atoms with Gasteiger partial charge >= 0.3 is 0 Å². The van der Waals surface area contributed by atoms with Crippen molar-refractivity contribution in [1.29, 1.82) is 0 Å². The predicted molar refractivity (Wildman–Crippen MR) is 87.9 cm³/mol. The number of imide groups is 1. The SMILES string of the molecule is O=C1C2CC=CCC2C(=O)N1Cc1coc(-c2ccc(Cl)cc2)n1. The number of carbonyl (C=O) groups is 2. The van der Waals surface area contributed by atoms with Crippen molar-refractivity contribution in [3.05, 3.63) is 53.4 Å². The van der Waals surface area contributed by atoms with Gasteiger partial charge in [-0.1, -0.05) is 23.8 Å². The number of carbonyl (C=O) groups excluding carboxylic acids is 2. The zero-order valence-corrected chi connectivity index (χ0v) is 13.6. The molecule has 5 nitrogen and oxygen atoms in total. The number of fused-ring (bicyclic) bond motifs is 1. The quantitative estimate of drug-likeness (QED) is 0.633. The lowest BCUT2D eigenvalue weighted by atomic mass is 9.85. The summed E-state index contributed by atoms with van der Waals surface area (Å²) in [6.45, 7) is 0.155. The second-order valence-electron chi connectivity index (χ2n) is 6.07. The van der Waals surface area contributed by atoms with Crippen molar-refractivity contribution >= 4 is 23.4 Å². The van der Waals surface area contributed by atoms with Crippen molar-refractivity contribution in [2.75, 3.05) is 0 Å². The van der Waals surface area contributed by atoms with E-state index >= 15 is 0 Å². The molecule has 1 fully saturated rings. The Morgan fingerprint density at radius 2 is 1.71 bits per heavy atom. The van der Waals surface area contributed by atoms with Crippen LogP contribution in [0.15, 0.2) is 47.1 Å². The number of halogens is 1. The normalized spacial score (nSPS) is 23.0. The Kier molecular flexibility index (Phi) is 3.73. The Labute approximate surface area is 143 Å². The topological polar surface area (TPSA) is 63.4 Å². The average molecular weight is 343 g/mol. The molecule has 0 bridgehead atoms. The summed E-state index contributed by atoms with van der Waals surface area (Å²) < 4.78 is 5.47. The van der Waals surface area contributed by atoms with Gasteiger partial charge in [-0.15, -0.1) is 0 Å². The van der Waals surface area contributed by atoms with Crippen LogP contribution in [0.2, 0.25) is 5.02 Å². The maximum absolute atomic E-state index is 12.5. The molecule has 6 heteroatoms. The van der Waals surface area contributed by atoms with E-state index in [1.807, 2.05) is 24.3 Å². The van der Waals surface area contributed by atoms with Gasteiger partial charge < -0.3 is 4.42 Å². The molecule has 2 amide bonds. The highest BCUT2D eigenvalue weighted by atomic mass is 35.5. The molecule has 122 valence electrons. The summed E-state index contributed by atoms with van der Waals surface area (Å²) in [6.07, 6.45) is 6.72. The van der Waals surface area contributed by atoms with Crippen molar-refractivity contribution in [1.82, 2.24) is 9.88 Å². The third-order valence-electron chi connectivity index (χ3n) is 4.56. The Morgan fingerprint density at radius 1 is 1.08 bits per heavy atom. The fraction of sp³-hybridized carbons (Fsp3) is 0.278. The smallest absolute Gasteiger partial charge is 0.233 e. The summed E-state index contributed by atoms with van der Waals surface area (Å²) >= 11 is 5.87. The van der Waals surface area contributed by atoms with E-state index in [-0.39, 0.29) is 30.2 Å². The van der Waals surface area contributed by atoms with Gasteiger partial charge in [0.15, 0.2) is 0 Å². The van der Waals surface area contributed by atoms with Crippen LogP contribution in [-0.4, -0.2) is 21.7 Å². The molecule has 0 spiro atoms. The average Bonchev–Trinajstić information content (AvgIpc) is 3.16. The molecule has 1 saturated heterocycles. The Bertz CT molecular complexity index is 799. The summed E-state index contributed by atoms with van der Waals surface area (Å²) in [7, 11) is 0. The first-order valence-corrected chi connectivity index (χ1v) is 8.22. The fourth-order valence-corrected chi connectivity index (χ4v) is 3.42. The standard InChI is InChI=1S/C18H15ClN2O3/c19-12-7-5-11(6-8-12)16-20-13(10-24-16)9-21-17(22)14-3-1-2-4-15(14)18(21)23/h1-2,5-8,10,14-15H,3-4,9H2. The maximum atomic E-state index is 12.5. The van der Waals surface area contributed by atoms with E-state index in [0.717, 1.165) is 5.56 Å². The first-order valence-electron chi connectivity index (χ1n) is 7.84. The summed E-state index contributed by atoms with van der Waals surface area (Å²) in [5, 5.41) is 0.634. The number of amides is 2. The number of hydrogen-bond acceptors (Lipinski definition) is 4. The van der Waals surface area contributed by atoms with Gasteiger partial charge in [-0.3, -0.25) is 14.5 Å². The van der Waals surface area contributed by atoms with Crippen LogP contribution in [0, 0.1) is 11.8 Å². The molecule has 1 aromatic heterocycles. The minimum absolute atomic E-state index is 0.106. The summed E-state index contributed by atoms with van der Waals surface area (Å²) in [4.78, 5) is 30.6. The number of nitrogens with zero attached hydrogens (tertiary/aromatic N) is 2. The van der Waals surface area contributed by atoms with Gasteiger partial charge in [0, 0.05) is 10.6 Å². The molecular formula is C18H15ClN2O3. The van der Waals surface area contributed by atoms with Gasteiger partial charge in [-0.25, -0.2) is 4.98 Å². The van der Waals surface area contributed by atoms with E-state index in [4.69, 9.17) is 16.0 Å². The van der Waals surface area contributed by atoms with E-state index in [9.17, 15) is 9.59 Å². The third kappa shape index (κ3) is 2.55. The van der Waals surface area contributed by atoms with Gasteiger partial charge in [0.2, 0.25) is 17.7 Å². The number of hydrogen-bond donors (Lipinski definition) is 0. The Morgan fingerprint density at radius 3 is 2.33 bits per heavy atom. The highest BCUT2D eigenvalue weighted by Gasteiger charge is 2.47. The lowest BCUT2D eigenvalue weighted by Crippen LogP contribution is -2.30. The molecule has 0 saturated carbocycles. The molecule has 24 heavy (non-hydrogen) atoms. The van der Waals surface area contributed by atoms with Gasteiger partial charge in [0.25, 0.3) is 0 Å². The Balaban J connectivity index is 1.53. The number of oxazole rings is 1. The zero-order valence-electron chi connectivity index (χ0n) is 12.8. The number of rotatable bonds is 3. The van der Waals surface area contributed by atoms with Crippen LogP contribution < -0.4 is 0 Å². The number of likely N-dealkylation sites (tertiary alicyclic amines) is 1. The van der Waals surface area contributed by atoms with Crippen molar-refractivity contribution < 1.29 is 14.0 Å². The molecule has 1 aliphatic heterocycles. The van der Waals surface area contributed by atoms with E-state index in [1.165, 1.54) is 11.2 Å². The molecule has 1 aliphatic carbocycles.